The Morgan fingerprint density at radius 1 is 1.14 bits per heavy atom. The fraction of sp³-hybridized carbons (Fsp3) is 0.625. The molecule has 1 amide bonds. The van der Waals surface area contributed by atoms with Crippen LogP contribution in [0.5, 0.6) is 0 Å². The minimum absolute atomic E-state index is 0.0870. The van der Waals surface area contributed by atoms with Gasteiger partial charge in [-0.25, -0.2) is 27.0 Å². The van der Waals surface area contributed by atoms with E-state index in [1.807, 2.05) is 0 Å². The Morgan fingerprint density at radius 3 is 2.53 bits per heavy atom. The number of sulfonamides is 1. The van der Waals surface area contributed by atoms with Crippen molar-refractivity contribution in [3.8, 4) is 0 Å². The van der Waals surface area contributed by atoms with E-state index in [9.17, 15) is 17.6 Å². The molecule has 36 heavy (non-hydrogen) atoms. The summed E-state index contributed by atoms with van der Waals surface area (Å²) in [5, 5.41) is 4.56. The highest BCUT2D eigenvalue weighted by molar-refractivity contribution is 7.88. The molecule has 0 aromatic carbocycles. The number of piperidine rings is 2. The number of likely N-dealkylation sites (tertiary alicyclic amines) is 1. The van der Waals surface area contributed by atoms with Crippen LogP contribution in [0.4, 0.5) is 19.4 Å². The molecule has 2 aliphatic heterocycles. The Morgan fingerprint density at radius 2 is 1.89 bits per heavy atom. The van der Waals surface area contributed by atoms with Crippen molar-refractivity contribution in [2.24, 2.45) is 0 Å². The highest BCUT2D eigenvalue weighted by Gasteiger charge is 2.36. The van der Waals surface area contributed by atoms with Crippen molar-refractivity contribution in [2.45, 2.75) is 63.5 Å². The number of carbonyl (C=O) groups is 1. The third-order valence-electron chi connectivity index (χ3n) is 6.53. The number of carbonyl (C=O) groups excluding carboxylic acids is 1. The van der Waals surface area contributed by atoms with Gasteiger partial charge in [0.25, 0.3) is 0 Å². The SMILES string of the molecule is CC(C)(C)OC(=O)N1CC[C@H](c2nccc3cnc(N[C@@H]4CCN(S(C)(=O)=O)C[C@H]4F)cc23)[C@@H](F)C1. The van der Waals surface area contributed by atoms with Crippen molar-refractivity contribution in [1.82, 2.24) is 19.2 Å². The van der Waals surface area contributed by atoms with Gasteiger partial charge in [0, 0.05) is 48.7 Å². The van der Waals surface area contributed by atoms with Crippen LogP contribution < -0.4 is 5.32 Å². The van der Waals surface area contributed by atoms with E-state index in [2.05, 4.69) is 15.3 Å². The number of aromatic nitrogens is 2. The number of hydrogen-bond donors (Lipinski definition) is 1. The van der Waals surface area contributed by atoms with E-state index in [-0.39, 0.29) is 19.6 Å². The van der Waals surface area contributed by atoms with Crippen LogP contribution in [0.3, 0.4) is 0 Å². The lowest BCUT2D eigenvalue weighted by Crippen LogP contribution is -2.49. The van der Waals surface area contributed by atoms with E-state index in [0.29, 0.717) is 36.3 Å². The van der Waals surface area contributed by atoms with Crippen molar-refractivity contribution < 1.29 is 26.7 Å². The van der Waals surface area contributed by atoms with E-state index in [0.717, 1.165) is 15.9 Å². The van der Waals surface area contributed by atoms with E-state index in [1.165, 1.54) is 4.90 Å². The van der Waals surface area contributed by atoms with Crippen molar-refractivity contribution in [3.05, 3.63) is 30.2 Å². The third kappa shape index (κ3) is 6.03. The van der Waals surface area contributed by atoms with Crippen molar-refractivity contribution >= 4 is 32.7 Å². The van der Waals surface area contributed by atoms with Gasteiger partial charge in [-0.2, -0.15) is 4.31 Å². The predicted molar refractivity (Wildman–Crippen MR) is 133 cm³/mol. The molecule has 4 atom stereocenters. The zero-order valence-corrected chi connectivity index (χ0v) is 21.8. The Balaban J connectivity index is 1.50. The Labute approximate surface area is 210 Å². The molecule has 4 rings (SSSR count). The van der Waals surface area contributed by atoms with Gasteiger partial charge in [0.1, 0.15) is 23.8 Å². The van der Waals surface area contributed by atoms with E-state index >= 15 is 4.39 Å². The number of ether oxygens (including phenoxy) is 1. The molecule has 198 valence electrons. The summed E-state index contributed by atoms with van der Waals surface area (Å²) in [6, 6.07) is 2.92. The largest absolute Gasteiger partial charge is 0.444 e. The number of alkyl halides is 2. The molecule has 2 aromatic rings. The first-order chi connectivity index (χ1) is 16.8. The van der Waals surface area contributed by atoms with E-state index in [4.69, 9.17) is 4.74 Å². The zero-order chi connectivity index (χ0) is 26.3. The average molecular weight is 526 g/mol. The molecular weight excluding hydrogens is 492 g/mol. The number of amides is 1. The molecule has 4 heterocycles. The summed E-state index contributed by atoms with van der Waals surface area (Å²) < 4.78 is 60.1. The summed E-state index contributed by atoms with van der Waals surface area (Å²) in [6.07, 6.45) is 1.73. The third-order valence-corrected chi connectivity index (χ3v) is 7.80. The normalized spacial score (nSPS) is 26.1. The molecule has 2 fully saturated rings. The first kappa shape index (κ1) is 26.5. The van der Waals surface area contributed by atoms with Crippen LogP contribution in [-0.2, 0) is 14.8 Å². The smallest absolute Gasteiger partial charge is 0.410 e. The number of pyridine rings is 2. The van der Waals surface area contributed by atoms with Gasteiger partial charge in [-0.05, 0) is 45.7 Å². The lowest BCUT2D eigenvalue weighted by atomic mass is 9.89. The topological polar surface area (TPSA) is 105 Å². The van der Waals surface area contributed by atoms with Crippen LogP contribution in [0, 0.1) is 0 Å². The second kappa shape index (κ2) is 10.0. The maximum Gasteiger partial charge on any atom is 0.410 e. The van der Waals surface area contributed by atoms with Crippen molar-refractivity contribution in [1.29, 1.82) is 0 Å². The summed E-state index contributed by atoms with van der Waals surface area (Å²) in [4.78, 5) is 22.6. The van der Waals surface area contributed by atoms with Gasteiger partial charge < -0.3 is 15.0 Å². The number of hydrogen-bond acceptors (Lipinski definition) is 7. The van der Waals surface area contributed by atoms with Gasteiger partial charge in [-0.15, -0.1) is 0 Å². The lowest BCUT2D eigenvalue weighted by Gasteiger charge is -2.35. The molecule has 12 heteroatoms. The fourth-order valence-electron chi connectivity index (χ4n) is 4.70. The molecule has 2 aliphatic rings. The van der Waals surface area contributed by atoms with Crippen LogP contribution in [0.1, 0.15) is 45.2 Å². The molecule has 0 unspecified atom stereocenters. The Bertz CT molecular complexity index is 1220. The molecule has 9 nitrogen and oxygen atoms in total. The molecule has 2 saturated heterocycles. The summed E-state index contributed by atoms with van der Waals surface area (Å²) in [7, 11) is -3.45. The van der Waals surface area contributed by atoms with Gasteiger partial charge in [-0.1, -0.05) is 0 Å². The summed E-state index contributed by atoms with van der Waals surface area (Å²) in [5.74, 6) is -0.103. The van der Waals surface area contributed by atoms with Crippen molar-refractivity contribution in [3.63, 3.8) is 0 Å². The molecule has 0 radical (unpaired) electrons. The molecule has 0 aliphatic carbocycles. The van der Waals surface area contributed by atoms with Crippen LogP contribution in [0.2, 0.25) is 0 Å². The molecular formula is C24H33F2N5O4S. The zero-order valence-electron chi connectivity index (χ0n) is 20.9. The molecule has 0 spiro atoms. The number of nitrogens with zero attached hydrogens (tertiary/aromatic N) is 4. The van der Waals surface area contributed by atoms with Gasteiger partial charge in [0.2, 0.25) is 10.0 Å². The standard InChI is InChI=1S/C24H33F2N5O4S/c1-24(2,3)35-23(32)30-9-6-16(18(25)13-30)22-17-11-21(28-12-15(17)5-8-27-22)29-20-7-10-31(14-19(20)26)36(4,33)34/h5,8,11-12,16,18-20H,6-7,9-10,13-14H2,1-4H3,(H,28,29)/t16-,18-,19+,20+/m0/s1. The Kier molecular flexibility index (Phi) is 7.38. The number of fused-ring (bicyclic) bond motifs is 1. The fourth-order valence-corrected chi connectivity index (χ4v) is 5.55. The summed E-state index contributed by atoms with van der Waals surface area (Å²) in [6.45, 7) is 5.57. The highest BCUT2D eigenvalue weighted by Crippen LogP contribution is 2.35. The number of rotatable bonds is 4. The average Bonchev–Trinajstić information content (AvgIpc) is 2.78. The van der Waals surface area contributed by atoms with E-state index in [1.54, 1.807) is 45.3 Å². The quantitative estimate of drug-likeness (QED) is 0.652. The van der Waals surface area contributed by atoms with Crippen LogP contribution in [0.15, 0.2) is 24.5 Å². The predicted octanol–water partition coefficient (Wildman–Crippen LogP) is 3.48. The van der Waals surface area contributed by atoms with Crippen molar-refractivity contribution in [2.75, 3.05) is 37.8 Å². The van der Waals surface area contributed by atoms with Gasteiger partial charge >= 0.3 is 6.09 Å². The second-order valence-electron chi connectivity index (χ2n) is 10.5. The highest BCUT2D eigenvalue weighted by atomic mass is 32.2. The molecule has 0 saturated carbocycles. The Hall–Kier alpha value is -2.60. The summed E-state index contributed by atoms with van der Waals surface area (Å²) in [5.41, 5.74) is -0.0918. The second-order valence-corrected chi connectivity index (χ2v) is 12.5. The number of halogens is 2. The van der Waals surface area contributed by atoms with Crippen LogP contribution in [0.25, 0.3) is 10.8 Å². The maximum atomic E-state index is 15.3. The molecule has 0 bridgehead atoms. The molecule has 1 N–H and O–H groups in total. The maximum absolute atomic E-state index is 15.3. The minimum atomic E-state index is -3.45. The van der Waals surface area contributed by atoms with Gasteiger partial charge in [0.15, 0.2) is 0 Å². The molecule has 2 aromatic heterocycles. The monoisotopic (exact) mass is 525 g/mol. The minimum Gasteiger partial charge on any atom is -0.444 e. The lowest BCUT2D eigenvalue weighted by molar-refractivity contribution is 0.0110. The van der Waals surface area contributed by atoms with Gasteiger partial charge in [0.05, 0.1) is 24.5 Å². The summed E-state index contributed by atoms with van der Waals surface area (Å²) >= 11 is 0. The van der Waals surface area contributed by atoms with E-state index < -0.39 is 46.0 Å². The van der Waals surface area contributed by atoms with Crippen LogP contribution >= 0.6 is 0 Å². The van der Waals surface area contributed by atoms with Gasteiger partial charge in [-0.3, -0.25) is 4.98 Å². The van der Waals surface area contributed by atoms with Crippen LogP contribution in [-0.4, -0.2) is 90.1 Å². The first-order valence-corrected chi connectivity index (χ1v) is 13.9. The number of anilines is 1. The number of nitrogens with one attached hydrogen (secondary N) is 1. The first-order valence-electron chi connectivity index (χ1n) is 12.0.